The number of aliphatic hydroxyl groups excluding tert-OH is 1. The maximum atomic E-state index is 12.5. The van der Waals surface area contributed by atoms with Crippen LogP contribution in [0.25, 0.3) is 0 Å². The zero-order valence-electron chi connectivity index (χ0n) is 16.7. The van der Waals surface area contributed by atoms with Crippen molar-refractivity contribution in [1.82, 2.24) is 10.6 Å². The molecule has 2 atom stereocenters. The van der Waals surface area contributed by atoms with Crippen molar-refractivity contribution in [2.45, 2.75) is 38.6 Å². The van der Waals surface area contributed by atoms with Gasteiger partial charge in [-0.1, -0.05) is 0 Å². The summed E-state index contributed by atoms with van der Waals surface area (Å²) in [5, 5.41) is 16.1. The molecular formula is C18H28F3N3O4S. The standard InChI is InChI=1S/C18H28F3N3O4S/c1-4-22-17(24-13(2)9-10-29(3,26)27)23-11-15(25)12-28-16-7-5-14(6-8-16)18(19,20)21/h5-8,13,15,25H,4,9-12H2,1-3H3,(H2,22,23,24). The van der Waals surface area contributed by atoms with Crippen LogP contribution in [0.3, 0.4) is 0 Å². The summed E-state index contributed by atoms with van der Waals surface area (Å²) < 4.78 is 65.4. The fraction of sp³-hybridized carbons (Fsp3) is 0.611. The van der Waals surface area contributed by atoms with E-state index < -0.39 is 27.7 Å². The van der Waals surface area contributed by atoms with Gasteiger partial charge in [-0.2, -0.15) is 13.2 Å². The Bertz CT molecular complexity index is 753. The summed E-state index contributed by atoms with van der Waals surface area (Å²) in [5.74, 6) is 0.673. The van der Waals surface area contributed by atoms with Crippen LogP contribution in [-0.4, -0.2) is 63.3 Å². The number of halogens is 3. The van der Waals surface area contributed by atoms with Crippen molar-refractivity contribution in [2.24, 2.45) is 4.99 Å². The number of sulfone groups is 1. The lowest BCUT2D eigenvalue weighted by Gasteiger charge is -2.18. The van der Waals surface area contributed by atoms with E-state index in [1.54, 1.807) is 0 Å². The number of rotatable bonds is 10. The average Bonchev–Trinajstić information content (AvgIpc) is 2.62. The van der Waals surface area contributed by atoms with Crippen LogP contribution in [-0.2, 0) is 16.0 Å². The number of benzene rings is 1. The average molecular weight is 440 g/mol. The van der Waals surface area contributed by atoms with Gasteiger partial charge in [0, 0.05) is 18.8 Å². The lowest BCUT2D eigenvalue weighted by atomic mass is 10.2. The largest absolute Gasteiger partial charge is 0.491 e. The maximum absolute atomic E-state index is 12.5. The Morgan fingerprint density at radius 1 is 1.28 bits per heavy atom. The summed E-state index contributed by atoms with van der Waals surface area (Å²) in [5.41, 5.74) is -0.777. The Kier molecular flexibility index (Phi) is 9.71. The molecule has 166 valence electrons. The summed E-state index contributed by atoms with van der Waals surface area (Å²) in [6.45, 7) is 4.11. The first kappa shape index (κ1) is 25.0. The molecule has 0 heterocycles. The first-order chi connectivity index (χ1) is 13.4. The molecule has 0 aliphatic heterocycles. The van der Waals surface area contributed by atoms with Crippen molar-refractivity contribution in [3.63, 3.8) is 0 Å². The highest BCUT2D eigenvalue weighted by Gasteiger charge is 2.30. The second-order valence-corrected chi connectivity index (χ2v) is 8.93. The lowest BCUT2D eigenvalue weighted by molar-refractivity contribution is -0.137. The highest BCUT2D eigenvalue weighted by Crippen LogP contribution is 2.30. The van der Waals surface area contributed by atoms with Crippen LogP contribution in [0, 0.1) is 0 Å². The minimum atomic E-state index is -4.42. The van der Waals surface area contributed by atoms with E-state index in [9.17, 15) is 26.7 Å². The normalized spacial score (nSPS) is 14.9. The Hall–Kier alpha value is -2.01. The molecule has 2 unspecified atom stereocenters. The smallest absolute Gasteiger partial charge is 0.416 e. The number of guanidine groups is 1. The minimum Gasteiger partial charge on any atom is -0.491 e. The van der Waals surface area contributed by atoms with Gasteiger partial charge in [0.1, 0.15) is 28.3 Å². The van der Waals surface area contributed by atoms with Crippen molar-refractivity contribution in [3.8, 4) is 5.75 Å². The van der Waals surface area contributed by atoms with Gasteiger partial charge in [0.2, 0.25) is 0 Å². The van der Waals surface area contributed by atoms with Crippen LogP contribution in [0.5, 0.6) is 5.75 Å². The molecular weight excluding hydrogens is 411 g/mol. The summed E-state index contributed by atoms with van der Waals surface area (Å²) in [4.78, 5) is 4.22. The Labute approximate surface area is 169 Å². The van der Waals surface area contributed by atoms with E-state index in [2.05, 4.69) is 15.6 Å². The van der Waals surface area contributed by atoms with Gasteiger partial charge in [0.15, 0.2) is 5.96 Å². The first-order valence-corrected chi connectivity index (χ1v) is 11.2. The highest BCUT2D eigenvalue weighted by molar-refractivity contribution is 7.90. The van der Waals surface area contributed by atoms with Crippen LogP contribution in [0.15, 0.2) is 29.3 Å². The predicted octanol–water partition coefficient (Wildman–Crippen LogP) is 1.82. The van der Waals surface area contributed by atoms with Crippen LogP contribution in [0.1, 0.15) is 25.8 Å². The third-order valence-electron chi connectivity index (χ3n) is 3.73. The molecule has 0 saturated carbocycles. The lowest BCUT2D eigenvalue weighted by Crippen LogP contribution is -2.43. The molecule has 11 heteroatoms. The van der Waals surface area contributed by atoms with Gasteiger partial charge in [-0.3, -0.25) is 4.99 Å². The fourth-order valence-corrected chi connectivity index (χ4v) is 2.98. The number of aliphatic hydroxyl groups is 1. The van der Waals surface area contributed by atoms with Crippen LogP contribution in [0.4, 0.5) is 13.2 Å². The van der Waals surface area contributed by atoms with E-state index in [4.69, 9.17) is 4.74 Å². The Balaban J connectivity index is 2.52. The number of hydrogen-bond acceptors (Lipinski definition) is 5. The van der Waals surface area contributed by atoms with Gasteiger partial charge in [-0.25, -0.2) is 8.42 Å². The summed E-state index contributed by atoms with van der Waals surface area (Å²) >= 11 is 0. The third kappa shape index (κ3) is 10.9. The second kappa shape index (κ2) is 11.2. The summed E-state index contributed by atoms with van der Waals surface area (Å²) in [6, 6.07) is 4.04. The van der Waals surface area contributed by atoms with Crippen molar-refractivity contribution >= 4 is 15.8 Å². The van der Waals surface area contributed by atoms with Crippen LogP contribution >= 0.6 is 0 Å². The molecule has 0 fully saturated rings. The van der Waals surface area contributed by atoms with E-state index in [1.165, 1.54) is 18.4 Å². The van der Waals surface area contributed by atoms with Gasteiger partial charge in [0.25, 0.3) is 0 Å². The van der Waals surface area contributed by atoms with E-state index >= 15 is 0 Å². The molecule has 1 aromatic carbocycles. The fourth-order valence-electron chi connectivity index (χ4n) is 2.20. The Morgan fingerprint density at radius 3 is 2.41 bits per heavy atom. The number of alkyl halides is 3. The highest BCUT2D eigenvalue weighted by atomic mass is 32.2. The van der Waals surface area contributed by atoms with E-state index in [1.807, 2.05) is 13.8 Å². The molecule has 0 aliphatic carbocycles. The second-order valence-electron chi connectivity index (χ2n) is 6.67. The maximum Gasteiger partial charge on any atom is 0.416 e. The molecule has 0 radical (unpaired) electrons. The quantitative estimate of drug-likeness (QED) is 0.380. The summed E-state index contributed by atoms with van der Waals surface area (Å²) in [6.07, 6.45) is -3.81. The zero-order chi connectivity index (χ0) is 22.1. The number of hydrogen-bond donors (Lipinski definition) is 3. The van der Waals surface area contributed by atoms with Gasteiger partial charge >= 0.3 is 6.18 Å². The first-order valence-electron chi connectivity index (χ1n) is 9.11. The number of ether oxygens (including phenoxy) is 1. The third-order valence-corrected chi connectivity index (χ3v) is 4.71. The molecule has 0 spiro atoms. The number of nitrogens with zero attached hydrogens (tertiary/aromatic N) is 1. The van der Waals surface area contributed by atoms with Gasteiger partial charge in [-0.05, 0) is 44.5 Å². The van der Waals surface area contributed by atoms with Crippen molar-refractivity contribution in [2.75, 3.05) is 31.7 Å². The van der Waals surface area contributed by atoms with Crippen LogP contribution < -0.4 is 15.4 Å². The van der Waals surface area contributed by atoms with Gasteiger partial charge in [-0.15, -0.1) is 0 Å². The predicted molar refractivity (Wildman–Crippen MR) is 106 cm³/mol. The molecule has 0 bridgehead atoms. The van der Waals surface area contributed by atoms with E-state index in [0.29, 0.717) is 18.9 Å². The molecule has 7 nitrogen and oxygen atoms in total. The monoisotopic (exact) mass is 439 g/mol. The van der Waals surface area contributed by atoms with Crippen molar-refractivity contribution in [3.05, 3.63) is 29.8 Å². The molecule has 3 N–H and O–H groups in total. The summed E-state index contributed by atoms with van der Waals surface area (Å²) in [7, 11) is -3.06. The van der Waals surface area contributed by atoms with Crippen LogP contribution in [0.2, 0.25) is 0 Å². The zero-order valence-corrected chi connectivity index (χ0v) is 17.5. The Morgan fingerprint density at radius 2 is 1.90 bits per heavy atom. The van der Waals surface area contributed by atoms with Crippen molar-refractivity contribution in [1.29, 1.82) is 0 Å². The SMILES string of the molecule is CCNC(=NCC(O)COc1ccc(C(F)(F)F)cc1)NC(C)CCS(C)(=O)=O. The van der Waals surface area contributed by atoms with E-state index in [0.717, 1.165) is 12.1 Å². The molecule has 0 saturated heterocycles. The molecule has 0 aromatic heterocycles. The van der Waals surface area contributed by atoms with Gasteiger partial charge in [0.05, 0.1) is 17.9 Å². The molecule has 1 aromatic rings. The molecule has 0 aliphatic rings. The minimum absolute atomic E-state index is 0.00519. The van der Waals surface area contributed by atoms with Crippen molar-refractivity contribution < 1.29 is 31.4 Å². The number of aliphatic imine (C=N–C) groups is 1. The molecule has 1 rings (SSSR count). The topological polar surface area (TPSA) is 100 Å². The molecule has 0 amide bonds. The molecule has 29 heavy (non-hydrogen) atoms. The van der Waals surface area contributed by atoms with Gasteiger partial charge < -0.3 is 20.5 Å². The van der Waals surface area contributed by atoms with E-state index in [-0.39, 0.29) is 30.7 Å². The number of nitrogens with one attached hydrogen (secondary N) is 2.